The lowest BCUT2D eigenvalue weighted by Crippen LogP contribution is -2.39. The number of aromatic nitrogens is 2. The zero-order chi connectivity index (χ0) is 15.6. The highest BCUT2D eigenvalue weighted by Crippen LogP contribution is 2.13. The maximum Gasteiger partial charge on any atom is 0.357 e. The lowest BCUT2D eigenvalue weighted by Gasteiger charge is -2.25. The maximum absolute atomic E-state index is 11.9. The quantitative estimate of drug-likeness (QED) is 0.540. The zero-order valence-electron chi connectivity index (χ0n) is 11.8. The topological polar surface area (TPSA) is 99.6 Å². The molecule has 0 atom stereocenters. The van der Waals surface area contributed by atoms with Crippen LogP contribution in [0.2, 0.25) is 0 Å². The van der Waals surface area contributed by atoms with Crippen LogP contribution in [0.1, 0.15) is 5.69 Å². The molecule has 1 aliphatic rings. The van der Waals surface area contributed by atoms with E-state index in [-0.39, 0.29) is 5.69 Å². The maximum atomic E-state index is 11.9. The molecule has 1 aliphatic heterocycles. The third-order valence-electron chi connectivity index (χ3n) is 3.36. The predicted octanol–water partition coefficient (Wildman–Crippen LogP) is -0.705. The first-order valence-electron chi connectivity index (χ1n) is 6.38. The van der Waals surface area contributed by atoms with Crippen molar-refractivity contribution in [2.24, 2.45) is 14.1 Å². The summed E-state index contributed by atoms with van der Waals surface area (Å²) in [4.78, 5) is 36.0. The second kappa shape index (κ2) is 5.92. The van der Waals surface area contributed by atoms with E-state index in [1.807, 2.05) is 4.90 Å². The van der Waals surface area contributed by atoms with Crippen LogP contribution in [0.15, 0.2) is 15.8 Å². The van der Waals surface area contributed by atoms with E-state index in [1.165, 1.54) is 20.2 Å². The molecule has 2 heterocycles. The minimum atomic E-state index is -0.912. The van der Waals surface area contributed by atoms with Crippen LogP contribution in [0.25, 0.3) is 6.08 Å². The SMILES string of the molecule is Cn1c(/C=C/N2CCOCC2)c([N+](=O)[O-])c(=O)n(C)c1=O. The molecule has 1 fully saturated rings. The van der Waals surface area contributed by atoms with Crippen molar-refractivity contribution in [3.8, 4) is 0 Å². The Bertz CT molecular complexity index is 697. The molecule has 0 radical (unpaired) electrons. The van der Waals surface area contributed by atoms with Gasteiger partial charge in [-0.1, -0.05) is 0 Å². The monoisotopic (exact) mass is 296 g/mol. The Labute approximate surface area is 119 Å². The summed E-state index contributed by atoms with van der Waals surface area (Å²) < 4.78 is 7.02. The molecule has 114 valence electrons. The number of hydrogen-bond acceptors (Lipinski definition) is 6. The van der Waals surface area contributed by atoms with Crippen molar-refractivity contribution in [3.05, 3.63) is 42.8 Å². The summed E-state index contributed by atoms with van der Waals surface area (Å²) in [6.07, 6.45) is 3.07. The van der Waals surface area contributed by atoms with E-state index in [9.17, 15) is 19.7 Å². The standard InChI is InChI=1S/C12H16N4O5/c1-13-9(3-4-15-5-7-21-8-6-15)10(16(19)20)11(17)14(2)12(13)18/h3-4H,5-8H2,1-2H3/b4-3+. The third kappa shape index (κ3) is 2.87. The number of nitrogens with zero attached hydrogens (tertiary/aromatic N) is 4. The first-order valence-corrected chi connectivity index (χ1v) is 6.38. The minimum Gasteiger partial charge on any atom is -0.378 e. The number of rotatable bonds is 3. The number of nitro groups is 1. The second-order valence-electron chi connectivity index (χ2n) is 4.66. The molecule has 0 aliphatic carbocycles. The van der Waals surface area contributed by atoms with Crippen LogP contribution in [-0.2, 0) is 18.8 Å². The van der Waals surface area contributed by atoms with E-state index in [4.69, 9.17) is 4.74 Å². The van der Waals surface area contributed by atoms with Gasteiger partial charge in [-0.25, -0.2) is 4.79 Å². The molecule has 9 heteroatoms. The molecule has 1 aromatic heterocycles. The molecule has 0 bridgehead atoms. The summed E-state index contributed by atoms with van der Waals surface area (Å²) >= 11 is 0. The largest absolute Gasteiger partial charge is 0.378 e. The van der Waals surface area contributed by atoms with Crippen LogP contribution in [0.5, 0.6) is 0 Å². The van der Waals surface area contributed by atoms with E-state index >= 15 is 0 Å². The van der Waals surface area contributed by atoms with E-state index in [0.717, 1.165) is 9.13 Å². The van der Waals surface area contributed by atoms with Gasteiger partial charge in [0.25, 0.3) is 0 Å². The van der Waals surface area contributed by atoms with Crippen molar-refractivity contribution < 1.29 is 9.66 Å². The molecule has 0 spiro atoms. The molecule has 0 amide bonds. The van der Waals surface area contributed by atoms with Gasteiger partial charge < -0.3 is 9.64 Å². The van der Waals surface area contributed by atoms with Gasteiger partial charge in [0.15, 0.2) is 0 Å². The average Bonchev–Trinajstić information content (AvgIpc) is 2.48. The molecule has 0 saturated carbocycles. The number of hydrogen-bond donors (Lipinski definition) is 0. The first-order chi connectivity index (χ1) is 9.93. The summed E-state index contributed by atoms with van der Waals surface area (Å²) in [7, 11) is 2.61. The molecule has 0 N–H and O–H groups in total. The fraction of sp³-hybridized carbons (Fsp3) is 0.500. The van der Waals surface area contributed by atoms with Gasteiger partial charge in [-0.15, -0.1) is 0 Å². The van der Waals surface area contributed by atoms with Crippen molar-refractivity contribution in [2.75, 3.05) is 26.3 Å². The van der Waals surface area contributed by atoms with Crippen molar-refractivity contribution in [1.82, 2.24) is 14.0 Å². The van der Waals surface area contributed by atoms with Crippen LogP contribution in [0, 0.1) is 10.1 Å². The van der Waals surface area contributed by atoms with Gasteiger partial charge in [0, 0.05) is 33.4 Å². The fourth-order valence-corrected chi connectivity index (χ4v) is 2.11. The molecule has 0 aromatic carbocycles. The third-order valence-corrected chi connectivity index (χ3v) is 3.36. The van der Waals surface area contributed by atoms with Gasteiger partial charge in [-0.05, 0) is 6.08 Å². The Morgan fingerprint density at radius 3 is 2.38 bits per heavy atom. The average molecular weight is 296 g/mol. The zero-order valence-corrected chi connectivity index (χ0v) is 11.8. The molecule has 2 rings (SSSR count). The highest BCUT2D eigenvalue weighted by Gasteiger charge is 2.23. The minimum absolute atomic E-state index is 0.0143. The highest BCUT2D eigenvalue weighted by atomic mass is 16.6. The predicted molar refractivity (Wildman–Crippen MR) is 75.0 cm³/mol. The van der Waals surface area contributed by atoms with Gasteiger partial charge in [-0.2, -0.15) is 0 Å². The summed E-state index contributed by atoms with van der Waals surface area (Å²) in [5, 5.41) is 11.1. The highest BCUT2D eigenvalue weighted by molar-refractivity contribution is 5.56. The molecule has 21 heavy (non-hydrogen) atoms. The van der Waals surface area contributed by atoms with Gasteiger partial charge in [0.2, 0.25) is 0 Å². The molecule has 0 unspecified atom stereocenters. The Balaban J connectivity index is 2.51. The Morgan fingerprint density at radius 2 is 1.81 bits per heavy atom. The smallest absolute Gasteiger partial charge is 0.357 e. The summed E-state index contributed by atoms with van der Waals surface area (Å²) in [6, 6.07) is 0. The lowest BCUT2D eigenvalue weighted by molar-refractivity contribution is -0.387. The summed E-state index contributed by atoms with van der Waals surface area (Å²) in [5.74, 6) is 0. The first kappa shape index (κ1) is 15.0. The molecule has 1 saturated heterocycles. The lowest BCUT2D eigenvalue weighted by atomic mass is 10.3. The van der Waals surface area contributed by atoms with Crippen molar-refractivity contribution >= 4 is 11.8 Å². The van der Waals surface area contributed by atoms with Gasteiger partial charge in [0.1, 0.15) is 5.69 Å². The Hall–Kier alpha value is -2.42. The molecular weight excluding hydrogens is 280 g/mol. The van der Waals surface area contributed by atoms with Crippen LogP contribution in [-0.4, -0.2) is 45.3 Å². The van der Waals surface area contributed by atoms with Crippen molar-refractivity contribution in [2.45, 2.75) is 0 Å². The molecule has 1 aromatic rings. The molecule has 9 nitrogen and oxygen atoms in total. The van der Waals surface area contributed by atoms with Gasteiger partial charge in [-0.3, -0.25) is 24.0 Å². The van der Waals surface area contributed by atoms with E-state index in [1.54, 1.807) is 6.20 Å². The van der Waals surface area contributed by atoms with Gasteiger partial charge >= 0.3 is 16.9 Å². The van der Waals surface area contributed by atoms with Crippen LogP contribution in [0.4, 0.5) is 5.69 Å². The van der Waals surface area contributed by atoms with E-state index in [2.05, 4.69) is 0 Å². The number of morpholine rings is 1. The normalized spacial score (nSPS) is 15.6. The fourth-order valence-electron chi connectivity index (χ4n) is 2.11. The molecular formula is C12H16N4O5. The Kier molecular flexibility index (Phi) is 4.22. The number of ether oxygens (including phenoxy) is 1. The van der Waals surface area contributed by atoms with Crippen molar-refractivity contribution in [1.29, 1.82) is 0 Å². The van der Waals surface area contributed by atoms with Crippen LogP contribution < -0.4 is 11.2 Å². The summed E-state index contributed by atoms with van der Waals surface area (Å²) in [6.45, 7) is 2.45. The van der Waals surface area contributed by atoms with Crippen molar-refractivity contribution in [3.63, 3.8) is 0 Å². The van der Waals surface area contributed by atoms with E-state index in [0.29, 0.717) is 26.3 Å². The Morgan fingerprint density at radius 1 is 1.19 bits per heavy atom. The van der Waals surface area contributed by atoms with Gasteiger partial charge in [0.05, 0.1) is 18.1 Å². The van der Waals surface area contributed by atoms with Crippen LogP contribution in [0.3, 0.4) is 0 Å². The summed E-state index contributed by atoms with van der Waals surface area (Å²) in [5.41, 5.74) is -2.14. The van der Waals surface area contributed by atoms with E-state index < -0.39 is 21.9 Å². The second-order valence-corrected chi connectivity index (χ2v) is 4.66. The van der Waals surface area contributed by atoms with Crippen LogP contribution >= 0.6 is 0 Å².